The minimum Gasteiger partial charge on any atom is -0.380 e. The normalized spacial score (nSPS) is 27.4. The van der Waals surface area contributed by atoms with Crippen LogP contribution in [0.2, 0.25) is 5.02 Å². The molecule has 116 valence electrons. The molecule has 1 spiro atoms. The second kappa shape index (κ2) is 6.47. The lowest BCUT2D eigenvalue weighted by atomic mass is 9.55. The standard InChI is InChI=1S/C17H23BrClNO/c1-2-21-16-11-15(17(16)8-4-3-5-9-17)20-14-7-6-12(18)10-13(14)19/h6-7,10,15-16,20H,2-5,8-9,11H2,1H3. The van der Waals surface area contributed by atoms with Gasteiger partial charge >= 0.3 is 0 Å². The smallest absolute Gasteiger partial charge is 0.0670 e. The number of anilines is 1. The SMILES string of the molecule is CCOC1CC(Nc2ccc(Br)cc2Cl)C12CCCCC2. The molecule has 2 saturated carbocycles. The van der Waals surface area contributed by atoms with Crippen molar-refractivity contribution in [2.45, 2.75) is 57.6 Å². The van der Waals surface area contributed by atoms with E-state index in [9.17, 15) is 0 Å². The van der Waals surface area contributed by atoms with E-state index in [1.807, 2.05) is 12.1 Å². The molecule has 4 heteroatoms. The predicted molar refractivity (Wildman–Crippen MR) is 92.1 cm³/mol. The monoisotopic (exact) mass is 371 g/mol. The van der Waals surface area contributed by atoms with Gasteiger partial charge in [0, 0.05) is 22.5 Å². The Bertz CT molecular complexity index is 502. The van der Waals surface area contributed by atoms with E-state index in [0.29, 0.717) is 17.6 Å². The first kappa shape index (κ1) is 15.6. The predicted octanol–water partition coefficient (Wildman–Crippen LogP) is 5.64. The third-order valence-corrected chi connectivity index (χ3v) is 6.00. The molecular formula is C17H23BrClNO. The summed E-state index contributed by atoms with van der Waals surface area (Å²) in [5.74, 6) is 0. The average Bonchev–Trinajstić information content (AvgIpc) is 2.49. The van der Waals surface area contributed by atoms with Gasteiger partial charge in [-0.05, 0) is 44.4 Å². The molecule has 1 aromatic carbocycles. The summed E-state index contributed by atoms with van der Waals surface area (Å²) in [5.41, 5.74) is 1.37. The second-order valence-corrected chi connectivity index (χ2v) is 7.62. The quantitative estimate of drug-likeness (QED) is 0.738. The number of halogens is 2. The van der Waals surface area contributed by atoms with Gasteiger partial charge in [0.05, 0.1) is 16.8 Å². The summed E-state index contributed by atoms with van der Waals surface area (Å²) in [6.07, 6.45) is 8.11. The van der Waals surface area contributed by atoms with E-state index in [2.05, 4.69) is 34.2 Å². The summed E-state index contributed by atoms with van der Waals surface area (Å²) >= 11 is 9.82. The number of hydrogen-bond acceptors (Lipinski definition) is 2. The summed E-state index contributed by atoms with van der Waals surface area (Å²) in [7, 11) is 0. The van der Waals surface area contributed by atoms with E-state index in [4.69, 9.17) is 16.3 Å². The fourth-order valence-electron chi connectivity index (χ4n) is 4.06. The molecule has 2 aliphatic rings. The maximum absolute atomic E-state index is 6.36. The average molecular weight is 373 g/mol. The number of nitrogens with one attached hydrogen (secondary N) is 1. The Balaban J connectivity index is 1.75. The highest BCUT2D eigenvalue weighted by Crippen LogP contribution is 2.54. The lowest BCUT2D eigenvalue weighted by Crippen LogP contribution is -2.62. The Morgan fingerprint density at radius 3 is 2.76 bits per heavy atom. The third-order valence-electron chi connectivity index (χ3n) is 5.20. The van der Waals surface area contributed by atoms with Crippen LogP contribution in [-0.2, 0) is 4.74 Å². The second-order valence-electron chi connectivity index (χ2n) is 6.29. The highest BCUT2D eigenvalue weighted by Gasteiger charge is 2.55. The first-order chi connectivity index (χ1) is 10.2. The molecule has 3 rings (SSSR count). The maximum atomic E-state index is 6.36. The third kappa shape index (κ3) is 2.97. The van der Waals surface area contributed by atoms with E-state index in [-0.39, 0.29) is 0 Å². The van der Waals surface area contributed by atoms with Crippen LogP contribution in [-0.4, -0.2) is 18.8 Å². The van der Waals surface area contributed by atoms with Crippen LogP contribution >= 0.6 is 27.5 Å². The van der Waals surface area contributed by atoms with Gasteiger partial charge in [0.2, 0.25) is 0 Å². The molecule has 2 atom stereocenters. The molecule has 0 amide bonds. The molecule has 0 aromatic heterocycles. The van der Waals surface area contributed by atoms with Crippen molar-refractivity contribution >= 4 is 33.2 Å². The summed E-state index contributed by atoms with van der Waals surface area (Å²) in [4.78, 5) is 0. The van der Waals surface area contributed by atoms with E-state index in [1.54, 1.807) is 0 Å². The Morgan fingerprint density at radius 1 is 1.33 bits per heavy atom. The fraction of sp³-hybridized carbons (Fsp3) is 0.647. The van der Waals surface area contributed by atoms with E-state index >= 15 is 0 Å². The first-order valence-electron chi connectivity index (χ1n) is 7.99. The lowest BCUT2D eigenvalue weighted by molar-refractivity contribution is -0.134. The molecule has 2 nitrogen and oxygen atoms in total. The molecule has 0 bridgehead atoms. The molecule has 0 aliphatic heterocycles. The van der Waals surface area contributed by atoms with Crippen molar-refractivity contribution < 1.29 is 4.74 Å². The van der Waals surface area contributed by atoms with Gasteiger partial charge in [0.1, 0.15) is 0 Å². The van der Waals surface area contributed by atoms with Gasteiger partial charge in [-0.2, -0.15) is 0 Å². The van der Waals surface area contributed by atoms with Gasteiger partial charge < -0.3 is 10.1 Å². The van der Waals surface area contributed by atoms with Crippen LogP contribution in [0.15, 0.2) is 22.7 Å². The van der Waals surface area contributed by atoms with Crippen molar-refractivity contribution in [2.24, 2.45) is 5.41 Å². The molecule has 0 heterocycles. The van der Waals surface area contributed by atoms with Crippen molar-refractivity contribution in [2.75, 3.05) is 11.9 Å². The van der Waals surface area contributed by atoms with Crippen LogP contribution in [0.5, 0.6) is 0 Å². The topological polar surface area (TPSA) is 21.3 Å². The Hall–Kier alpha value is -0.250. The molecule has 2 fully saturated rings. The molecule has 2 aliphatic carbocycles. The number of ether oxygens (including phenoxy) is 1. The molecule has 1 N–H and O–H groups in total. The summed E-state index contributed by atoms with van der Waals surface area (Å²) in [5, 5.41) is 4.48. The zero-order valence-electron chi connectivity index (χ0n) is 12.5. The molecule has 2 unspecified atom stereocenters. The zero-order valence-corrected chi connectivity index (χ0v) is 14.8. The van der Waals surface area contributed by atoms with Crippen LogP contribution in [0.1, 0.15) is 45.4 Å². The van der Waals surface area contributed by atoms with E-state index in [1.165, 1.54) is 32.1 Å². The number of benzene rings is 1. The van der Waals surface area contributed by atoms with Gasteiger partial charge in [-0.1, -0.05) is 46.8 Å². The Labute approximate surface area is 140 Å². The Morgan fingerprint density at radius 2 is 2.10 bits per heavy atom. The van der Waals surface area contributed by atoms with Crippen LogP contribution in [0.25, 0.3) is 0 Å². The summed E-state index contributed by atoms with van der Waals surface area (Å²) < 4.78 is 7.03. The number of hydrogen-bond donors (Lipinski definition) is 1. The molecular weight excluding hydrogens is 350 g/mol. The van der Waals surface area contributed by atoms with E-state index < -0.39 is 0 Å². The van der Waals surface area contributed by atoms with Crippen LogP contribution < -0.4 is 5.32 Å². The maximum Gasteiger partial charge on any atom is 0.0670 e. The van der Waals surface area contributed by atoms with E-state index in [0.717, 1.165) is 28.2 Å². The summed E-state index contributed by atoms with van der Waals surface area (Å²) in [6, 6.07) is 6.56. The van der Waals surface area contributed by atoms with Crippen molar-refractivity contribution in [1.82, 2.24) is 0 Å². The van der Waals surface area contributed by atoms with Gasteiger partial charge in [-0.15, -0.1) is 0 Å². The fourth-order valence-corrected chi connectivity index (χ4v) is 4.79. The van der Waals surface area contributed by atoms with Gasteiger partial charge in [0.15, 0.2) is 0 Å². The largest absolute Gasteiger partial charge is 0.380 e. The minimum absolute atomic E-state index is 0.324. The highest BCUT2D eigenvalue weighted by molar-refractivity contribution is 9.10. The molecule has 21 heavy (non-hydrogen) atoms. The Kier molecular flexibility index (Phi) is 4.82. The van der Waals surface area contributed by atoms with Crippen molar-refractivity contribution in [3.8, 4) is 0 Å². The zero-order chi connectivity index (χ0) is 14.9. The van der Waals surface area contributed by atoms with Crippen molar-refractivity contribution in [3.05, 3.63) is 27.7 Å². The number of rotatable bonds is 4. The van der Waals surface area contributed by atoms with Crippen molar-refractivity contribution in [3.63, 3.8) is 0 Å². The highest BCUT2D eigenvalue weighted by atomic mass is 79.9. The molecule has 0 radical (unpaired) electrons. The van der Waals surface area contributed by atoms with Crippen LogP contribution in [0, 0.1) is 5.41 Å². The minimum atomic E-state index is 0.324. The van der Waals surface area contributed by atoms with Gasteiger partial charge in [-0.25, -0.2) is 0 Å². The van der Waals surface area contributed by atoms with Gasteiger partial charge in [0.25, 0.3) is 0 Å². The van der Waals surface area contributed by atoms with Crippen LogP contribution in [0.4, 0.5) is 5.69 Å². The first-order valence-corrected chi connectivity index (χ1v) is 9.16. The van der Waals surface area contributed by atoms with Crippen LogP contribution in [0.3, 0.4) is 0 Å². The lowest BCUT2D eigenvalue weighted by Gasteiger charge is -2.58. The van der Waals surface area contributed by atoms with Crippen molar-refractivity contribution in [1.29, 1.82) is 0 Å². The summed E-state index contributed by atoms with van der Waals surface area (Å²) in [6.45, 7) is 2.92. The van der Waals surface area contributed by atoms with Gasteiger partial charge in [-0.3, -0.25) is 0 Å². The molecule has 1 aromatic rings. The molecule has 0 saturated heterocycles.